The minimum atomic E-state index is 0.400. The van der Waals surface area contributed by atoms with Crippen LogP contribution in [-0.4, -0.2) is 5.11 Å². The van der Waals surface area contributed by atoms with Gasteiger partial charge < -0.3 is 5.11 Å². The van der Waals surface area contributed by atoms with Crippen LogP contribution in [0, 0.1) is 0 Å². The fourth-order valence-electron chi connectivity index (χ4n) is 1.44. The number of aromatic hydroxyl groups is 1. The Bertz CT molecular complexity index is 358. The maximum absolute atomic E-state index is 9.70. The molecule has 0 aliphatic carbocycles. The summed E-state index contributed by atoms with van der Waals surface area (Å²) in [6, 6.07) is 5.88. The average molecular weight is 204 g/mol. The third-order valence-electron chi connectivity index (χ3n) is 2.50. The van der Waals surface area contributed by atoms with Crippen LogP contribution >= 0.6 is 0 Å². The highest BCUT2D eigenvalue weighted by atomic mass is 16.3. The van der Waals surface area contributed by atoms with E-state index in [-0.39, 0.29) is 0 Å². The molecule has 0 radical (unpaired) electrons. The first-order chi connectivity index (χ1) is 7.00. The Hall–Kier alpha value is -1.24. The van der Waals surface area contributed by atoms with Crippen molar-refractivity contribution in [2.75, 3.05) is 0 Å². The molecule has 0 saturated heterocycles. The summed E-state index contributed by atoms with van der Waals surface area (Å²) in [7, 11) is 0. The van der Waals surface area contributed by atoms with Crippen LogP contribution in [0.15, 0.2) is 29.8 Å². The molecule has 1 nitrogen and oxygen atoms in total. The molecule has 0 amide bonds. The summed E-state index contributed by atoms with van der Waals surface area (Å²) in [5.74, 6) is 0.910. The summed E-state index contributed by atoms with van der Waals surface area (Å²) in [6.07, 6.45) is 2.95. The van der Waals surface area contributed by atoms with E-state index in [2.05, 4.69) is 39.8 Å². The lowest BCUT2D eigenvalue weighted by atomic mass is 9.98. The molecule has 0 bridgehead atoms. The first kappa shape index (κ1) is 11.8. The number of hydrogen-bond donors (Lipinski definition) is 1. The molecular formula is C14H20O. The lowest BCUT2D eigenvalue weighted by molar-refractivity contribution is 0.469. The van der Waals surface area contributed by atoms with Crippen molar-refractivity contribution in [2.24, 2.45) is 0 Å². The summed E-state index contributed by atoms with van der Waals surface area (Å²) >= 11 is 0. The van der Waals surface area contributed by atoms with Gasteiger partial charge in [0.2, 0.25) is 0 Å². The number of benzene rings is 1. The summed E-state index contributed by atoms with van der Waals surface area (Å²) in [6.45, 7) is 8.47. The number of phenolic OH excluding ortho intramolecular Hbond substituents is 1. The minimum absolute atomic E-state index is 0.400. The van der Waals surface area contributed by atoms with E-state index in [0.717, 1.165) is 12.0 Å². The van der Waals surface area contributed by atoms with E-state index in [1.165, 1.54) is 11.1 Å². The van der Waals surface area contributed by atoms with Gasteiger partial charge in [-0.3, -0.25) is 0 Å². The molecule has 0 aliphatic rings. The zero-order chi connectivity index (χ0) is 11.4. The van der Waals surface area contributed by atoms with Crippen LogP contribution in [0.4, 0.5) is 0 Å². The lowest BCUT2D eigenvalue weighted by Crippen LogP contribution is -1.91. The van der Waals surface area contributed by atoms with Gasteiger partial charge in [-0.05, 0) is 43.4 Å². The van der Waals surface area contributed by atoms with Crippen molar-refractivity contribution in [1.82, 2.24) is 0 Å². The van der Waals surface area contributed by atoms with Crippen LogP contribution in [0.1, 0.15) is 44.7 Å². The summed E-state index contributed by atoms with van der Waals surface area (Å²) in [5.41, 5.74) is 3.58. The normalized spacial score (nSPS) is 10.5. The molecule has 0 fully saturated rings. The van der Waals surface area contributed by atoms with E-state index in [0.29, 0.717) is 11.7 Å². The van der Waals surface area contributed by atoms with Gasteiger partial charge in [0, 0.05) is 0 Å². The molecule has 0 saturated carbocycles. The number of phenols is 1. The van der Waals surface area contributed by atoms with Crippen LogP contribution in [0.5, 0.6) is 5.75 Å². The second-order valence-electron chi connectivity index (χ2n) is 4.53. The van der Waals surface area contributed by atoms with Crippen LogP contribution in [0.2, 0.25) is 0 Å². The summed E-state index contributed by atoms with van der Waals surface area (Å²) in [5, 5.41) is 9.70. The average Bonchev–Trinajstić information content (AvgIpc) is 2.16. The van der Waals surface area contributed by atoms with Crippen molar-refractivity contribution < 1.29 is 5.11 Å². The molecule has 0 atom stereocenters. The molecule has 1 N–H and O–H groups in total. The molecule has 0 spiro atoms. The first-order valence-electron chi connectivity index (χ1n) is 5.46. The van der Waals surface area contributed by atoms with Crippen molar-refractivity contribution >= 4 is 0 Å². The van der Waals surface area contributed by atoms with Gasteiger partial charge in [0.25, 0.3) is 0 Å². The van der Waals surface area contributed by atoms with Crippen molar-refractivity contribution in [2.45, 2.75) is 40.0 Å². The van der Waals surface area contributed by atoms with Gasteiger partial charge in [-0.25, -0.2) is 0 Å². The predicted octanol–water partition coefficient (Wildman–Crippen LogP) is 4.02. The molecule has 15 heavy (non-hydrogen) atoms. The van der Waals surface area contributed by atoms with E-state index in [1.807, 2.05) is 6.07 Å². The minimum Gasteiger partial charge on any atom is -0.508 e. The van der Waals surface area contributed by atoms with E-state index in [1.54, 1.807) is 6.07 Å². The van der Waals surface area contributed by atoms with Crippen LogP contribution in [0.25, 0.3) is 0 Å². The first-order valence-corrected chi connectivity index (χ1v) is 5.46. The molecule has 82 valence electrons. The van der Waals surface area contributed by atoms with Crippen LogP contribution < -0.4 is 0 Å². The fourth-order valence-corrected chi connectivity index (χ4v) is 1.44. The quantitative estimate of drug-likeness (QED) is 0.737. The highest BCUT2D eigenvalue weighted by molar-refractivity contribution is 5.38. The Morgan fingerprint density at radius 1 is 1.33 bits per heavy atom. The molecule has 1 aromatic carbocycles. The second-order valence-corrected chi connectivity index (χ2v) is 4.53. The van der Waals surface area contributed by atoms with E-state index in [4.69, 9.17) is 0 Å². The van der Waals surface area contributed by atoms with Gasteiger partial charge >= 0.3 is 0 Å². The van der Waals surface area contributed by atoms with Gasteiger partial charge in [-0.2, -0.15) is 0 Å². The highest BCUT2D eigenvalue weighted by Gasteiger charge is 2.04. The second kappa shape index (κ2) is 5.01. The predicted molar refractivity (Wildman–Crippen MR) is 65.3 cm³/mol. The van der Waals surface area contributed by atoms with Crippen LogP contribution in [0.3, 0.4) is 0 Å². The third-order valence-corrected chi connectivity index (χ3v) is 2.50. The van der Waals surface area contributed by atoms with Crippen molar-refractivity contribution in [3.8, 4) is 5.75 Å². The van der Waals surface area contributed by atoms with Crippen molar-refractivity contribution in [3.05, 3.63) is 41.0 Å². The fraction of sp³-hybridized carbons (Fsp3) is 0.429. The molecule has 0 aliphatic heterocycles. The molecule has 0 unspecified atom stereocenters. The number of rotatable bonds is 3. The van der Waals surface area contributed by atoms with Gasteiger partial charge in [-0.1, -0.05) is 37.6 Å². The molecule has 1 heteroatoms. The molecule has 0 heterocycles. The number of hydrogen-bond acceptors (Lipinski definition) is 1. The van der Waals surface area contributed by atoms with Gasteiger partial charge in [0.15, 0.2) is 0 Å². The molecule has 1 aromatic rings. The molecule has 0 aromatic heterocycles. The molecular weight excluding hydrogens is 184 g/mol. The molecule has 1 rings (SSSR count). The van der Waals surface area contributed by atoms with Gasteiger partial charge in [0.05, 0.1) is 0 Å². The van der Waals surface area contributed by atoms with Crippen LogP contribution in [-0.2, 0) is 6.42 Å². The van der Waals surface area contributed by atoms with E-state index >= 15 is 0 Å². The van der Waals surface area contributed by atoms with Crippen molar-refractivity contribution in [3.63, 3.8) is 0 Å². The zero-order valence-corrected chi connectivity index (χ0v) is 10.0. The maximum Gasteiger partial charge on any atom is 0.119 e. The third kappa shape index (κ3) is 3.43. The Kier molecular flexibility index (Phi) is 3.96. The highest BCUT2D eigenvalue weighted by Crippen LogP contribution is 2.24. The Balaban J connectivity index is 2.95. The maximum atomic E-state index is 9.70. The summed E-state index contributed by atoms with van der Waals surface area (Å²) < 4.78 is 0. The largest absolute Gasteiger partial charge is 0.508 e. The smallest absolute Gasteiger partial charge is 0.119 e. The Morgan fingerprint density at radius 2 is 2.00 bits per heavy atom. The topological polar surface area (TPSA) is 20.2 Å². The van der Waals surface area contributed by atoms with Gasteiger partial charge in [0.1, 0.15) is 5.75 Å². The summed E-state index contributed by atoms with van der Waals surface area (Å²) in [4.78, 5) is 0. The Morgan fingerprint density at radius 3 is 2.53 bits per heavy atom. The Labute approximate surface area is 92.5 Å². The standard InChI is InChI=1S/C14H20O/c1-10(2)5-6-13-9-12(11(3)4)7-8-14(13)15/h5,7-9,11,15H,6H2,1-4H3. The monoisotopic (exact) mass is 204 g/mol. The van der Waals surface area contributed by atoms with E-state index in [9.17, 15) is 5.11 Å². The zero-order valence-electron chi connectivity index (χ0n) is 10.0. The van der Waals surface area contributed by atoms with Gasteiger partial charge in [-0.15, -0.1) is 0 Å². The van der Waals surface area contributed by atoms with E-state index < -0.39 is 0 Å². The SMILES string of the molecule is CC(C)=CCc1cc(C(C)C)ccc1O. The lowest BCUT2D eigenvalue weighted by Gasteiger charge is -2.09. The number of allylic oxidation sites excluding steroid dienone is 2. The van der Waals surface area contributed by atoms with Crippen molar-refractivity contribution in [1.29, 1.82) is 0 Å².